The molecule has 4 rings (SSSR count). The fraction of sp³-hybridized carbons (Fsp3) is 0.357. The molecule has 2 aliphatic carbocycles. The monoisotopic (exact) mass is 260 g/mol. The van der Waals surface area contributed by atoms with E-state index in [0.717, 1.165) is 35.0 Å². The summed E-state index contributed by atoms with van der Waals surface area (Å²) >= 11 is 6.03. The van der Waals surface area contributed by atoms with Crippen LogP contribution in [0.2, 0.25) is 5.02 Å². The first kappa shape index (κ1) is 10.6. The smallest absolute Gasteiger partial charge is 0.170 e. The normalized spacial score (nSPS) is 16.7. The average Bonchev–Trinajstić information content (AvgIpc) is 3.00. The van der Waals surface area contributed by atoms with Gasteiger partial charge in [-0.2, -0.15) is 0 Å². The van der Waals surface area contributed by atoms with Gasteiger partial charge in [-0.15, -0.1) is 0 Å². The number of hydrogen-bond donors (Lipinski definition) is 1. The molecular formula is C14H13ClN2O. The van der Waals surface area contributed by atoms with Gasteiger partial charge in [0, 0.05) is 35.2 Å². The standard InChI is InChI=1S/C14H13ClN2O/c15-9-1-4-11-8(5-9)6-12-13(17-18-14(11)12)7-16-10-2-3-10/h1,4-5,10,16H,2-3,6-7H2. The Morgan fingerprint density at radius 2 is 2.28 bits per heavy atom. The minimum atomic E-state index is 0.690. The van der Waals surface area contributed by atoms with Gasteiger partial charge in [0.1, 0.15) is 5.69 Å². The van der Waals surface area contributed by atoms with Gasteiger partial charge in [-0.1, -0.05) is 16.8 Å². The first-order chi connectivity index (χ1) is 8.81. The Morgan fingerprint density at radius 3 is 3.11 bits per heavy atom. The van der Waals surface area contributed by atoms with E-state index < -0.39 is 0 Å². The first-order valence-electron chi connectivity index (χ1n) is 6.31. The Hall–Kier alpha value is -1.32. The lowest BCUT2D eigenvalue weighted by atomic mass is 10.1. The Balaban J connectivity index is 1.66. The number of halogens is 1. The highest BCUT2D eigenvalue weighted by atomic mass is 35.5. The van der Waals surface area contributed by atoms with Crippen LogP contribution in [0.4, 0.5) is 0 Å². The van der Waals surface area contributed by atoms with Gasteiger partial charge in [-0.3, -0.25) is 0 Å². The number of hydrogen-bond acceptors (Lipinski definition) is 3. The molecule has 2 aromatic rings. The van der Waals surface area contributed by atoms with E-state index in [0.29, 0.717) is 6.04 Å². The van der Waals surface area contributed by atoms with Crippen molar-refractivity contribution < 1.29 is 4.52 Å². The van der Waals surface area contributed by atoms with Crippen molar-refractivity contribution in [3.8, 4) is 11.3 Å². The molecule has 1 aromatic heterocycles. The molecule has 92 valence electrons. The van der Waals surface area contributed by atoms with E-state index in [1.165, 1.54) is 24.0 Å². The summed E-state index contributed by atoms with van der Waals surface area (Å²) in [5.41, 5.74) is 4.65. The third kappa shape index (κ3) is 1.66. The molecule has 0 aliphatic heterocycles. The van der Waals surface area contributed by atoms with Gasteiger partial charge >= 0.3 is 0 Å². The molecule has 3 nitrogen and oxygen atoms in total. The van der Waals surface area contributed by atoms with Gasteiger partial charge in [0.15, 0.2) is 5.76 Å². The summed E-state index contributed by atoms with van der Waals surface area (Å²) < 4.78 is 5.49. The largest absolute Gasteiger partial charge is 0.356 e. The fourth-order valence-electron chi connectivity index (χ4n) is 2.52. The van der Waals surface area contributed by atoms with Crippen LogP contribution in [-0.4, -0.2) is 11.2 Å². The lowest BCUT2D eigenvalue weighted by Gasteiger charge is -2.00. The number of fused-ring (bicyclic) bond motifs is 3. The van der Waals surface area contributed by atoms with E-state index in [1.54, 1.807) is 0 Å². The molecule has 0 unspecified atom stereocenters. The van der Waals surface area contributed by atoms with Crippen molar-refractivity contribution in [2.75, 3.05) is 0 Å². The Labute approximate surface area is 110 Å². The molecular weight excluding hydrogens is 248 g/mol. The quantitative estimate of drug-likeness (QED) is 0.786. The highest BCUT2D eigenvalue weighted by Crippen LogP contribution is 2.39. The van der Waals surface area contributed by atoms with E-state index in [2.05, 4.69) is 10.5 Å². The maximum Gasteiger partial charge on any atom is 0.170 e. The van der Waals surface area contributed by atoms with E-state index in [9.17, 15) is 0 Å². The summed E-state index contributed by atoms with van der Waals surface area (Å²) in [4.78, 5) is 0. The van der Waals surface area contributed by atoms with Gasteiger partial charge in [0.05, 0.1) is 0 Å². The van der Waals surface area contributed by atoms with Crippen LogP contribution in [0, 0.1) is 0 Å². The molecule has 0 atom stereocenters. The van der Waals surface area contributed by atoms with Gasteiger partial charge in [-0.25, -0.2) is 0 Å². The molecule has 4 heteroatoms. The highest BCUT2D eigenvalue weighted by Gasteiger charge is 2.28. The molecule has 1 saturated carbocycles. The van der Waals surface area contributed by atoms with Gasteiger partial charge in [0.25, 0.3) is 0 Å². The minimum absolute atomic E-state index is 0.690. The Bertz CT molecular complexity index is 616. The summed E-state index contributed by atoms with van der Waals surface area (Å²) in [6.07, 6.45) is 3.46. The second-order valence-electron chi connectivity index (χ2n) is 5.07. The van der Waals surface area contributed by atoms with E-state index in [4.69, 9.17) is 16.1 Å². The molecule has 1 heterocycles. The van der Waals surface area contributed by atoms with Crippen molar-refractivity contribution >= 4 is 11.6 Å². The number of aromatic nitrogens is 1. The molecule has 1 N–H and O–H groups in total. The molecule has 1 aromatic carbocycles. The van der Waals surface area contributed by atoms with E-state index in [1.807, 2.05) is 18.2 Å². The summed E-state index contributed by atoms with van der Waals surface area (Å²) in [5, 5.41) is 8.45. The SMILES string of the molecule is Clc1ccc2c(c1)Cc1c(CNC3CC3)noc1-2. The first-order valence-corrected chi connectivity index (χ1v) is 6.68. The zero-order valence-electron chi connectivity index (χ0n) is 9.87. The zero-order chi connectivity index (χ0) is 12.1. The fourth-order valence-corrected chi connectivity index (χ4v) is 2.72. The van der Waals surface area contributed by atoms with E-state index in [-0.39, 0.29) is 0 Å². The predicted molar refractivity (Wildman–Crippen MR) is 69.6 cm³/mol. The van der Waals surface area contributed by atoms with Crippen LogP contribution in [0.3, 0.4) is 0 Å². The Kier molecular flexibility index (Phi) is 2.26. The summed E-state index contributed by atoms with van der Waals surface area (Å²) in [6, 6.07) is 6.63. The van der Waals surface area contributed by atoms with Crippen molar-refractivity contribution in [1.82, 2.24) is 10.5 Å². The topological polar surface area (TPSA) is 38.1 Å². The lowest BCUT2D eigenvalue weighted by Crippen LogP contribution is -2.16. The minimum Gasteiger partial charge on any atom is -0.356 e. The number of benzene rings is 1. The van der Waals surface area contributed by atoms with E-state index >= 15 is 0 Å². The predicted octanol–water partition coefficient (Wildman–Crippen LogP) is 3.15. The summed E-state index contributed by atoms with van der Waals surface area (Å²) in [7, 11) is 0. The maximum absolute atomic E-state index is 6.03. The van der Waals surface area contributed by atoms with Crippen LogP contribution in [0.5, 0.6) is 0 Å². The van der Waals surface area contributed by atoms with Crippen LogP contribution >= 0.6 is 11.6 Å². The molecule has 18 heavy (non-hydrogen) atoms. The lowest BCUT2D eigenvalue weighted by molar-refractivity contribution is 0.420. The van der Waals surface area contributed by atoms with Crippen molar-refractivity contribution in [3.63, 3.8) is 0 Å². The van der Waals surface area contributed by atoms with Crippen LogP contribution in [0.15, 0.2) is 22.7 Å². The Morgan fingerprint density at radius 1 is 1.39 bits per heavy atom. The molecule has 1 fully saturated rings. The van der Waals surface area contributed by atoms with Crippen molar-refractivity contribution in [1.29, 1.82) is 0 Å². The summed E-state index contributed by atoms with van der Waals surface area (Å²) in [6.45, 7) is 0.811. The highest BCUT2D eigenvalue weighted by molar-refractivity contribution is 6.30. The van der Waals surface area contributed by atoms with Crippen molar-refractivity contribution in [3.05, 3.63) is 40.0 Å². The number of nitrogens with zero attached hydrogens (tertiary/aromatic N) is 1. The second kappa shape index (κ2) is 3.84. The summed E-state index contributed by atoms with van der Waals surface area (Å²) in [5.74, 6) is 0.925. The third-order valence-corrected chi connectivity index (χ3v) is 3.92. The van der Waals surface area contributed by atoms with Crippen LogP contribution in [0.1, 0.15) is 29.7 Å². The van der Waals surface area contributed by atoms with Crippen LogP contribution in [-0.2, 0) is 13.0 Å². The molecule has 0 bridgehead atoms. The molecule has 2 aliphatic rings. The average molecular weight is 261 g/mol. The van der Waals surface area contributed by atoms with Gasteiger partial charge < -0.3 is 9.84 Å². The zero-order valence-corrected chi connectivity index (χ0v) is 10.6. The van der Waals surface area contributed by atoms with Crippen molar-refractivity contribution in [2.45, 2.75) is 31.8 Å². The third-order valence-electron chi connectivity index (χ3n) is 3.68. The molecule has 0 spiro atoms. The molecule has 0 radical (unpaired) electrons. The van der Waals surface area contributed by atoms with Crippen LogP contribution in [0.25, 0.3) is 11.3 Å². The van der Waals surface area contributed by atoms with Crippen LogP contribution < -0.4 is 5.32 Å². The second-order valence-corrected chi connectivity index (χ2v) is 5.51. The molecule has 0 amide bonds. The van der Waals surface area contributed by atoms with Gasteiger partial charge in [-0.05, 0) is 36.6 Å². The van der Waals surface area contributed by atoms with Crippen molar-refractivity contribution in [2.24, 2.45) is 0 Å². The van der Waals surface area contributed by atoms with Gasteiger partial charge in [0.2, 0.25) is 0 Å². The maximum atomic E-state index is 6.03. The number of rotatable bonds is 3. The number of nitrogens with one attached hydrogen (secondary N) is 1. The molecule has 0 saturated heterocycles.